The SMILES string of the molecule is Cc1cc(C(=O)NC(CC(=O)OC(C)(C)C)c2ccc(NC(=O)OC(C)(C)C)cc2)no1. The Bertz CT molecular complexity index is 951. The van der Waals surface area contributed by atoms with Gasteiger partial charge < -0.3 is 19.3 Å². The quantitative estimate of drug-likeness (QED) is 0.627. The summed E-state index contributed by atoms with van der Waals surface area (Å²) >= 11 is 0. The van der Waals surface area contributed by atoms with Crippen LogP contribution in [0.5, 0.6) is 0 Å². The van der Waals surface area contributed by atoms with Crippen molar-refractivity contribution in [3.05, 3.63) is 47.3 Å². The number of benzene rings is 1. The minimum absolute atomic E-state index is 0.0846. The van der Waals surface area contributed by atoms with Gasteiger partial charge in [0, 0.05) is 11.8 Å². The molecule has 1 atom stereocenters. The number of esters is 1. The summed E-state index contributed by atoms with van der Waals surface area (Å²) in [6.45, 7) is 12.3. The largest absolute Gasteiger partial charge is 0.460 e. The fourth-order valence-electron chi connectivity index (χ4n) is 2.73. The molecule has 0 radical (unpaired) electrons. The van der Waals surface area contributed by atoms with Crippen molar-refractivity contribution in [2.24, 2.45) is 0 Å². The third-order valence-electron chi connectivity index (χ3n) is 3.92. The number of hydrogen-bond acceptors (Lipinski definition) is 7. The van der Waals surface area contributed by atoms with Crippen LogP contribution in [0.25, 0.3) is 0 Å². The minimum atomic E-state index is -0.676. The van der Waals surface area contributed by atoms with E-state index in [1.807, 2.05) is 0 Å². The highest BCUT2D eigenvalue weighted by atomic mass is 16.6. The number of aromatic nitrogens is 1. The molecule has 9 heteroatoms. The number of carbonyl (C=O) groups is 3. The van der Waals surface area contributed by atoms with Crippen molar-refractivity contribution in [1.29, 1.82) is 0 Å². The van der Waals surface area contributed by atoms with Crippen LogP contribution in [0.15, 0.2) is 34.9 Å². The summed E-state index contributed by atoms with van der Waals surface area (Å²) in [5.74, 6) is -0.446. The van der Waals surface area contributed by atoms with Crippen molar-refractivity contribution in [1.82, 2.24) is 10.5 Å². The highest BCUT2D eigenvalue weighted by Gasteiger charge is 2.25. The second-order valence-corrected chi connectivity index (χ2v) is 9.39. The zero-order valence-corrected chi connectivity index (χ0v) is 19.6. The summed E-state index contributed by atoms with van der Waals surface area (Å²) < 4.78 is 15.6. The molecule has 32 heavy (non-hydrogen) atoms. The monoisotopic (exact) mass is 445 g/mol. The van der Waals surface area contributed by atoms with Gasteiger partial charge in [0.15, 0.2) is 5.69 Å². The van der Waals surface area contributed by atoms with Gasteiger partial charge in [0.25, 0.3) is 5.91 Å². The first-order valence-corrected chi connectivity index (χ1v) is 10.3. The normalized spacial score (nSPS) is 12.6. The van der Waals surface area contributed by atoms with Crippen molar-refractivity contribution in [3.63, 3.8) is 0 Å². The topological polar surface area (TPSA) is 120 Å². The molecule has 0 fully saturated rings. The van der Waals surface area contributed by atoms with Gasteiger partial charge in [0.2, 0.25) is 0 Å². The summed E-state index contributed by atoms with van der Waals surface area (Å²) in [4.78, 5) is 37.0. The molecule has 0 saturated heterocycles. The Morgan fingerprint density at radius 1 is 1.00 bits per heavy atom. The van der Waals surface area contributed by atoms with Gasteiger partial charge in [0.05, 0.1) is 12.5 Å². The molecule has 1 aromatic heterocycles. The lowest BCUT2D eigenvalue weighted by Crippen LogP contribution is -2.32. The number of nitrogens with one attached hydrogen (secondary N) is 2. The van der Waals surface area contributed by atoms with E-state index < -0.39 is 35.2 Å². The molecule has 0 aliphatic carbocycles. The Morgan fingerprint density at radius 2 is 1.59 bits per heavy atom. The first-order valence-electron chi connectivity index (χ1n) is 10.3. The second kappa shape index (κ2) is 9.84. The average Bonchev–Trinajstić information content (AvgIpc) is 3.05. The summed E-state index contributed by atoms with van der Waals surface area (Å²) in [7, 11) is 0. The number of amides is 2. The Kier molecular flexibility index (Phi) is 7.66. The van der Waals surface area contributed by atoms with E-state index in [4.69, 9.17) is 14.0 Å². The second-order valence-electron chi connectivity index (χ2n) is 9.39. The molecule has 9 nitrogen and oxygen atoms in total. The van der Waals surface area contributed by atoms with E-state index in [2.05, 4.69) is 15.8 Å². The van der Waals surface area contributed by atoms with Crippen molar-refractivity contribution < 1.29 is 28.4 Å². The number of aryl methyl sites for hydroxylation is 1. The fraction of sp³-hybridized carbons (Fsp3) is 0.478. The molecule has 0 bridgehead atoms. The molecule has 174 valence electrons. The lowest BCUT2D eigenvalue weighted by Gasteiger charge is -2.23. The Hall–Kier alpha value is -3.36. The van der Waals surface area contributed by atoms with E-state index in [1.165, 1.54) is 6.07 Å². The lowest BCUT2D eigenvalue weighted by atomic mass is 10.0. The Morgan fingerprint density at radius 3 is 2.09 bits per heavy atom. The van der Waals surface area contributed by atoms with Gasteiger partial charge in [-0.05, 0) is 66.2 Å². The summed E-state index contributed by atoms with van der Waals surface area (Å²) in [6, 6.07) is 7.56. The number of anilines is 1. The van der Waals surface area contributed by atoms with Crippen LogP contribution in [0.2, 0.25) is 0 Å². The molecule has 2 amide bonds. The first kappa shape index (κ1) is 24.9. The maximum atomic E-state index is 12.6. The van der Waals surface area contributed by atoms with Gasteiger partial charge in [0.1, 0.15) is 17.0 Å². The maximum Gasteiger partial charge on any atom is 0.412 e. The van der Waals surface area contributed by atoms with Gasteiger partial charge in [-0.1, -0.05) is 17.3 Å². The molecule has 1 heterocycles. The molecule has 0 saturated carbocycles. The van der Waals surface area contributed by atoms with Crippen LogP contribution in [0.3, 0.4) is 0 Å². The van der Waals surface area contributed by atoms with Gasteiger partial charge in [-0.25, -0.2) is 4.79 Å². The molecular weight excluding hydrogens is 414 g/mol. The van der Waals surface area contributed by atoms with Crippen LogP contribution in [0.4, 0.5) is 10.5 Å². The van der Waals surface area contributed by atoms with E-state index in [9.17, 15) is 14.4 Å². The average molecular weight is 446 g/mol. The zero-order valence-electron chi connectivity index (χ0n) is 19.6. The Labute approximate surface area is 187 Å². The first-order chi connectivity index (χ1) is 14.7. The predicted octanol–water partition coefficient (Wildman–Crippen LogP) is 4.53. The van der Waals surface area contributed by atoms with Gasteiger partial charge in [-0.15, -0.1) is 0 Å². The van der Waals surface area contributed by atoms with Gasteiger partial charge in [-0.2, -0.15) is 0 Å². The van der Waals surface area contributed by atoms with Crippen molar-refractivity contribution in [2.45, 2.75) is 72.1 Å². The Balaban J connectivity index is 2.17. The standard InChI is InChI=1S/C23H31N3O6/c1-14-12-18(26-32-14)20(28)25-17(13-19(27)30-22(2,3)4)15-8-10-16(11-9-15)24-21(29)31-23(5,6)7/h8-12,17H,13H2,1-7H3,(H,24,29)(H,25,28). The van der Waals surface area contributed by atoms with Crippen molar-refractivity contribution in [2.75, 3.05) is 5.32 Å². The lowest BCUT2D eigenvalue weighted by molar-refractivity contribution is -0.155. The number of rotatable bonds is 6. The summed E-state index contributed by atoms with van der Waals surface area (Å²) in [5.41, 5.74) is -0.000873. The molecule has 0 aliphatic rings. The maximum absolute atomic E-state index is 12.6. The molecule has 1 unspecified atom stereocenters. The van der Waals surface area contributed by atoms with E-state index in [1.54, 1.807) is 72.7 Å². The third kappa shape index (κ3) is 8.41. The number of carbonyl (C=O) groups excluding carboxylic acids is 3. The predicted molar refractivity (Wildman–Crippen MR) is 118 cm³/mol. The number of ether oxygens (including phenoxy) is 2. The van der Waals surface area contributed by atoms with Crippen LogP contribution in [0.1, 0.15) is 75.8 Å². The summed E-state index contributed by atoms with van der Waals surface area (Å²) in [5, 5.41) is 9.15. The molecule has 0 aliphatic heterocycles. The van der Waals surface area contributed by atoms with Crippen LogP contribution >= 0.6 is 0 Å². The fourth-order valence-corrected chi connectivity index (χ4v) is 2.73. The van der Waals surface area contributed by atoms with E-state index in [0.29, 0.717) is 17.0 Å². The van der Waals surface area contributed by atoms with Crippen LogP contribution in [-0.2, 0) is 14.3 Å². The molecule has 0 spiro atoms. The van der Waals surface area contributed by atoms with Crippen LogP contribution < -0.4 is 10.6 Å². The molecule has 2 aromatic rings. The van der Waals surface area contributed by atoms with Crippen LogP contribution in [-0.4, -0.2) is 34.3 Å². The van der Waals surface area contributed by atoms with Gasteiger partial charge in [-0.3, -0.25) is 14.9 Å². The molecule has 1 aromatic carbocycles. The van der Waals surface area contributed by atoms with E-state index >= 15 is 0 Å². The minimum Gasteiger partial charge on any atom is -0.460 e. The highest BCUT2D eigenvalue weighted by Crippen LogP contribution is 2.23. The molecule has 2 N–H and O–H groups in total. The van der Waals surface area contributed by atoms with Crippen LogP contribution in [0, 0.1) is 6.92 Å². The van der Waals surface area contributed by atoms with Gasteiger partial charge >= 0.3 is 12.1 Å². The van der Waals surface area contributed by atoms with Crippen molar-refractivity contribution >= 4 is 23.7 Å². The van der Waals surface area contributed by atoms with E-state index in [-0.39, 0.29) is 12.1 Å². The highest BCUT2D eigenvalue weighted by molar-refractivity contribution is 5.92. The number of hydrogen-bond donors (Lipinski definition) is 2. The molecular formula is C23H31N3O6. The van der Waals surface area contributed by atoms with E-state index in [0.717, 1.165) is 0 Å². The summed E-state index contributed by atoms with van der Waals surface area (Å²) in [6.07, 6.45) is -0.663. The van der Waals surface area contributed by atoms with Crippen molar-refractivity contribution in [3.8, 4) is 0 Å². The zero-order chi connectivity index (χ0) is 24.1. The third-order valence-corrected chi connectivity index (χ3v) is 3.92. The molecule has 2 rings (SSSR count). The number of nitrogens with zero attached hydrogens (tertiary/aromatic N) is 1. The smallest absolute Gasteiger partial charge is 0.412 e.